The molecule has 0 N–H and O–H groups in total. The summed E-state index contributed by atoms with van der Waals surface area (Å²) in [4.78, 5) is 13.2. The molecule has 0 radical (unpaired) electrons. The minimum Gasteiger partial charge on any atom is -0.497 e. The fraction of sp³-hybridized carbons (Fsp3) is 0.429. The molecule has 1 aliphatic heterocycles. The maximum atomic E-state index is 11.3. The zero-order valence-corrected chi connectivity index (χ0v) is 16.3. The average Bonchev–Trinajstić information content (AvgIpc) is 3.21. The van der Waals surface area contributed by atoms with Crippen LogP contribution in [0.15, 0.2) is 42.5 Å². The maximum absolute atomic E-state index is 11.3. The van der Waals surface area contributed by atoms with E-state index < -0.39 is 4.92 Å². The number of benzene rings is 2. The van der Waals surface area contributed by atoms with E-state index in [9.17, 15) is 10.1 Å². The zero-order valence-electron chi connectivity index (χ0n) is 16.3. The topological polar surface area (TPSA) is 74.1 Å². The lowest BCUT2D eigenvalue weighted by Gasteiger charge is -2.25. The Balaban J connectivity index is 1.80. The number of hydrogen-bond acceptors (Lipinski definition) is 6. The first-order chi connectivity index (χ1) is 13.6. The first kappa shape index (κ1) is 20.1. The zero-order chi connectivity index (χ0) is 19.9. The smallest absolute Gasteiger partial charge is 0.311 e. The van der Waals surface area contributed by atoms with Gasteiger partial charge in [0, 0.05) is 32.3 Å². The fourth-order valence-electron chi connectivity index (χ4n) is 3.53. The standard InChI is InChI=1S/C21H26N2O5/c1-26-18-6-3-5-16(11-18)13-22(15-19-7-4-10-28-19)14-17-8-9-21(27-2)20(12-17)23(24)25/h3,5-6,8-9,11-12,19H,4,7,10,13-15H2,1-2H3. The predicted octanol–water partition coefficient (Wildman–Crippen LogP) is 3.79. The molecule has 0 saturated carbocycles. The van der Waals surface area contributed by atoms with Crippen LogP contribution in [-0.2, 0) is 17.8 Å². The first-order valence-electron chi connectivity index (χ1n) is 9.37. The second-order valence-corrected chi connectivity index (χ2v) is 6.92. The summed E-state index contributed by atoms with van der Waals surface area (Å²) < 4.78 is 16.2. The van der Waals surface area contributed by atoms with E-state index >= 15 is 0 Å². The van der Waals surface area contributed by atoms with Crippen LogP contribution >= 0.6 is 0 Å². The molecule has 1 atom stereocenters. The van der Waals surface area contributed by atoms with Crippen LogP contribution in [0.2, 0.25) is 0 Å². The van der Waals surface area contributed by atoms with Gasteiger partial charge in [-0.3, -0.25) is 15.0 Å². The van der Waals surface area contributed by atoms with Crippen LogP contribution in [0.5, 0.6) is 11.5 Å². The summed E-state index contributed by atoms with van der Waals surface area (Å²) in [6.45, 7) is 2.86. The molecule has 0 aliphatic carbocycles. The van der Waals surface area contributed by atoms with Crippen molar-refractivity contribution in [2.24, 2.45) is 0 Å². The highest BCUT2D eigenvalue weighted by atomic mass is 16.6. The van der Waals surface area contributed by atoms with E-state index in [2.05, 4.69) is 11.0 Å². The van der Waals surface area contributed by atoms with Crippen molar-refractivity contribution < 1.29 is 19.1 Å². The lowest BCUT2D eigenvalue weighted by molar-refractivity contribution is -0.385. The number of methoxy groups -OCH3 is 2. The molecule has 1 aliphatic rings. The quantitative estimate of drug-likeness (QED) is 0.482. The summed E-state index contributed by atoms with van der Waals surface area (Å²) >= 11 is 0. The molecule has 0 bridgehead atoms. The normalized spacial score (nSPS) is 16.3. The second-order valence-electron chi connectivity index (χ2n) is 6.92. The van der Waals surface area contributed by atoms with E-state index in [1.165, 1.54) is 7.11 Å². The van der Waals surface area contributed by atoms with E-state index in [4.69, 9.17) is 14.2 Å². The van der Waals surface area contributed by atoms with Crippen molar-refractivity contribution >= 4 is 5.69 Å². The van der Waals surface area contributed by atoms with Crippen molar-refractivity contribution in [3.05, 3.63) is 63.7 Å². The summed E-state index contributed by atoms with van der Waals surface area (Å²) in [6, 6.07) is 13.1. The van der Waals surface area contributed by atoms with Crippen LogP contribution in [0.25, 0.3) is 0 Å². The largest absolute Gasteiger partial charge is 0.497 e. The monoisotopic (exact) mass is 386 g/mol. The van der Waals surface area contributed by atoms with Gasteiger partial charge in [0.2, 0.25) is 0 Å². The van der Waals surface area contributed by atoms with Crippen molar-refractivity contribution in [2.45, 2.75) is 32.0 Å². The van der Waals surface area contributed by atoms with Gasteiger partial charge in [-0.1, -0.05) is 18.2 Å². The molecular weight excluding hydrogens is 360 g/mol. The third-order valence-corrected chi connectivity index (χ3v) is 4.87. The van der Waals surface area contributed by atoms with Crippen LogP contribution in [0, 0.1) is 10.1 Å². The van der Waals surface area contributed by atoms with Gasteiger partial charge in [0.1, 0.15) is 5.75 Å². The molecule has 150 valence electrons. The van der Waals surface area contributed by atoms with Gasteiger partial charge in [-0.2, -0.15) is 0 Å². The Morgan fingerprint density at radius 1 is 1.14 bits per heavy atom. The van der Waals surface area contributed by atoms with Gasteiger partial charge in [0.15, 0.2) is 5.75 Å². The lowest BCUT2D eigenvalue weighted by atomic mass is 10.1. The van der Waals surface area contributed by atoms with Gasteiger partial charge in [-0.05, 0) is 42.2 Å². The number of nitro benzene ring substituents is 1. The highest BCUT2D eigenvalue weighted by Crippen LogP contribution is 2.28. The molecule has 0 aromatic heterocycles. The summed E-state index contributed by atoms with van der Waals surface area (Å²) in [5, 5.41) is 11.3. The van der Waals surface area contributed by atoms with Gasteiger partial charge >= 0.3 is 5.69 Å². The van der Waals surface area contributed by atoms with Crippen LogP contribution in [0.3, 0.4) is 0 Å². The van der Waals surface area contributed by atoms with E-state index in [-0.39, 0.29) is 17.5 Å². The SMILES string of the molecule is COc1cccc(CN(Cc2ccc(OC)c([N+](=O)[O-])c2)CC2CCCO2)c1. The van der Waals surface area contributed by atoms with Crippen LogP contribution < -0.4 is 9.47 Å². The molecule has 7 nitrogen and oxygen atoms in total. The fourth-order valence-corrected chi connectivity index (χ4v) is 3.53. The van der Waals surface area contributed by atoms with Crippen molar-refractivity contribution in [3.63, 3.8) is 0 Å². The molecule has 0 spiro atoms. The highest BCUT2D eigenvalue weighted by molar-refractivity contribution is 5.48. The Morgan fingerprint density at radius 2 is 1.93 bits per heavy atom. The number of nitrogens with zero attached hydrogens (tertiary/aromatic N) is 2. The molecule has 1 heterocycles. The van der Waals surface area contributed by atoms with Crippen molar-refractivity contribution in [1.82, 2.24) is 4.90 Å². The first-order valence-corrected chi connectivity index (χ1v) is 9.37. The molecule has 0 amide bonds. The Bertz CT molecular complexity index is 805. The van der Waals surface area contributed by atoms with Crippen LogP contribution in [-0.4, -0.2) is 43.3 Å². The van der Waals surface area contributed by atoms with E-state index in [1.807, 2.05) is 24.3 Å². The molecule has 1 saturated heterocycles. The van der Waals surface area contributed by atoms with Gasteiger partial charge in [0.25, 0.3) is 0 Å². The molecule has 2 aromatic rings. The second kappa shape index (κ2) is 9.52. The lowest BCUT2D eigenvalue weighted by Crippen LogP contribution is -2.31. The van der Waals surface area contributed by atoms with Gasteiger partial charge < -0.3 is 14.2 Å². The Hall–Kier alpha value is -2.64. The summed E-state index contributed by atoms with van der Waals surface area (Å²) in [5.41, 5.74) is 1.98. The number of nitro groups is 1. The van der Waals surface area contributed by atoms with E-state index in [0.29, 0.717) is 13.1 Å². The summed E-state index contributed by atoms with van der Waals surface area (Å²) in [6.07, 6.45) is 2.31. The van der Waals surface area contributed by atoms with Gasteiger partial charge in [-0.25, -0.2) is 0 Å². The summed E-state index contributed by atoms with van der Waals surface area (Å²) in [7, 11) is 3.09. The molecule has 7 heteroatoms. The minimum atomic E-state index is -0.408. The molecule has 1 fully saturated rings. The molecular formula is C21H26N2O5. The van der Waals surface area contributed by atoms with Crippen molar-refractivity contribution in [3.8, 4) is 11.5 Å². The third-order valence-electron chi connectivity index (χ3n) is 4.87. The average molecular weight is 386 g/mol. The van der Waals surface area contributed by atoms with Crippen LogP contribution in [0.1, 0.15) is 24.0 Å². The number of rotatable bonds is 9. The minimum absolute atomic E-state index is 0.0153. The maximum Gasteiger partial charge on any atom is 0.311 e. The molecule has 3 rings (SSSR count). The number of ether oxygens (including phenoxy) is 3. The molecule has 28 heavy (non-hydrogen) atoms. The Kier molecular flexibility index (Phi) is 6.84. The summed E-state index contributed by atoms with van der Waals surface area (Å²) in [5.74, 6) is 1.09. The molecule has 1 unspecified atom stereocenters. The number of hydrogen-bond donors (Lipinski definition) is 0. The highest BCUT2D eigenvalue weighted by Gasteiger charge is 2.21. The van der Waals surface area contributed by atoms with Crippen LogP contribution in [0.4, 0.5) is 5.69 Å². The van der Waals surface area contributed by atoms with Crippen molar-refractivity contribution in [1.29, 1.82) is 0 Å². The molecule has 2 aromatic carbocycles. The van der Waals surface area contributed by atoms with E-state index in [0.717, 1.165) is 42.9 Å². The van der Waals surface area contributed by atoms with Crippen molar-refractivity contribution in [2.75, 3.05) is 27.4 Å². The van der Waals surface area contributed by atoms with Gasteiger partial charge in [0.05, 0.1) is 25.2 Å². The third kappa shape index (κ3) is 5.21. The van der Waals surface area contributed by atoms with E-state index in [1.54, 1.807) is 19.2 Å². The Labute approximate surface area is 165 Å². The predicted molar refractivity (Wildman–Crippen MR) is 106 cm³/mol. The Morgan fingerprint density at radius 3 is 2.57 bits per heavy atom. The van der Waals surface area contributed by atoms with Gasteiger partial charge in [-0.15, -0.1) is 0 Å².